The summed E-state index contributed by atoms with van der Waals surface area (Å²) in [5.74, 6) is 1.01. The number of carbonyl (C=O) groups excluding carboxylic acids is 1. The monoisotopic (exact) mass is 402 g/mol. The molecule has 0 bridgehead atoms. The summed E-state index contributed by atoms with van der Waals surface area (Å²) in [5, 5.41) is 4.44. The molecule has 1 aromatic carbocycles. The van der Waals surface area contributed by atoms with Gasteiger partial charge in [-0.25, -0.2) is 4.68 Å². The molecule has 25 heavy (non-hydrogen) atoms. The van der Waals surface area contributed by atoms with E-state index in [0.717, 1.165) is 48.0 Å². The van der Waals surface area contributed by atoms with E-state index in [1.165, 1.54) is 19.4 Å². The SMILES string of the molecule is Cc1c(C(=O)N2CCN(CC3CC3)CC2)cnn1-c1ccc(Br)cc1. The molecule has 2 heterocycles. The standard InChI is InChI=1S/C19H23BrN4O/c1-14-18(12-21-24(14)17-6-4-16(20)5-7-17)19(25)23-10-8-22(9-11-23)13-15-2-3-15/h4-7,12,15H,2-3,8-11,13H2,1H3. The molecule has 1 aliphatic heterocycles. The molecular weight excluding hydrogens is 380 g/mol. The number of hydrogen-bond acceptors (Lipinski definition) is 3. The molecule has 0 unspecified atom stereocenters. The number of carbonyl (C=O) groups is 1. The maximum atomic E-state index is 12.9. The van der Waals surface area contributed by atoms with E-state index in [0.29, 0.717) is 5.56 Å². The van der Waals surface area contributed by atoms with E-state index in [1.54, 1.807) is 6.20 Å². The average molecular weight is 403 g/mol. The van der Waals surface area contributed by atoms with Gasteiger partial charge in [0.1, 0.15) is 0 Å². The second-order valence-corrected chi connectivity index (χ2v) is 7.98. The van der Waals surface area contributed by atoms with Gasteiger partial charge in [-0.05, 0) is 49.9 Å². The van der Waals surface area contributed by atoms with Gasteiger partial charge in [-0.15, -0.1) is 0 Å². The van der Waals surface area contributed by atoms with Crippen molar-refractivity contribution >= 4 is 21.8 Å². The molecule has 5 nitrogen and oxygen atoms in total. The second kappa shape index (κ2) is 6.92. The van der Waals surface area contributed by atoms with Gasteiger partial charge in [0.2, 0.25) is 0 Å². The van der Waals surface area contributed by atoms with Crippen LogP contribution < -0.4 is 0 Å². The summed E-state index contributed by atoms with van der Waals surface area (Å²) in [5.41, 5.74) is 2.57. The molecule has 2 aliphatic rings. The van der Waals surface area contributed by atoms with Crippen molar-refractivity contribution in [1.82, 2.24) is 19.6 Å². The lowest BCUT2D eigenvalue weighted by atomic mass is 10.2. The second-order valence-electron chi connectivity index (χ2n) is 7.07. The fourth-order valence-corrected chi connectivity index (χ4v) is 3.70. The maximum absolute atomic E-state index is 12.9. The van der Waals surface area contributed by atoms with E-state index in [1.807, 2.05) is 40.8 Å². The van der Waals surface area contributed by atoms with Crippen molar-refractivity contribution in [2.24, 2.45) is 5.92 Å². The van der Waals surface area contributed by atoms with Crippen LogP contribution in [0.3, 0.4) is 0 Å². The summed E-state index contributed by atoms with van der Waals surface area (Å²) < 4.78 is 2.87. The molecule has 1 saturated carbocycles. The number of aromatic nitrogens is 2. The third kappa shape index (κ3) is 3.65. The molecule has 2 fully saturated rings. The largest absolute Gasteiger partial charge is 0.336 e. The lowest BCUT2D eigenvalue weighted by Gasteiger charge is -2.34. The van der Waals surface area contributed by atoms with Gasteiger partial charge in [-0.2, -0.15) is 5.10 Å². The first-order valence-corrected chi connectivity index (χ1v) is 9.73. The molecule has 4 rings (SSSR count). The minimum absolute atomic E-state index is 0.104. The normalized spacial score (nSPS) is 18.6. The van der Waals surface area contributed by atoms with Crippen molar-refractivity contribution in [2.45, 2.75) is 19.8 Å². The van der Waals surface area contributed by atoms with Crippen LogP contribution in [0.25, 0.3) is 5.69 Å². The molecule has 0 atom stereocenters. The lowest BCUT2D eigenvalue weighted by molar-refractivity contribution is 0.0631. The van der Waals surface area contributed by atoms with Gasteiger partial charge in [-0.3, -0.25) is 9.69 Å². The third-order valence-corrected chi connectivity index (χ3v) is 5.71. The van der Waals surface area contributed by atoms with Gasteiger partial charge in [0.15, 0.2) is 0 Å². The zero-order valence-electron chi connectivity index (χ0n) is 14.5. The lowest BCUT2D eigenvalue weighted by Crippen LogP contribution is -2.49. The highest BCUT2D eigenvalue weighted by Crippen LogP contribution is 2.30. The summed E-state index contributed by atoms with van der Waals surface area (Å²) in [6.07, 6.45) is 4.47. The van der Waals surface area contributed by atoms with Crippen molar-refractivity contribution in [2.75, 3.05) is 32.7 Å². The molecule has 1 saturated heterocycles. The number of hydrogen-bond donors (Lipinski definition) is 0. The van der Waals surface area contributed by atoms with Crippen LogP contribution >= 0.6 is 15.9 Å². The van der Waals surface area contributed by atoms with E-state index in [9.17, 15) is 4.79 Å². The topological polar surface area (TPSA) is 41.4 Å². The van der Waals surface area contributed by atoms with E-state index in [2.05, 4.69) is 25.9 Å². The van der Waals surface area contributed by atoms with Crippen molar-refractivity contribution in [1.29, 1.82) is 0 Å². The Labute approximate surface area is 156 Å². The Morgan fingerprint density at radius 2 is 1.84 bits per heavy atom. The predicted octanol–water partition coefficient (Wildman–Crippen LogP) is 3.11. The Morgan fingerprint density at radius 3 is 2.48 bits per heavy atom. The molecule has 132 valence electrons. The first kappa shape index (κ1) is 16.8. The van der Waals surface area contributed by atoms with E-state index in [4.69, 9.17) is 0 Å². The minimum atomic E-state index is 0.104. The number of piperazine rings is 1. The Kier molecular flexibility index (Phi) is 4.65. The van der Waals surface area contributed by atoms with Gasteiger partial charge in [0, 0.05) is 37.2 Å². The number of amides is 1. The van der Waals surface area contributed by atoms with Crippen LogP contribution in [-0.4, -0.2) is 58.2 Å². The Balaban J connectivity index is 1.45. The molecule has 0 N–H and O–H groups in total. The van der Waals surface area contributed by atoms with Gasteiger partial charge in [-0.1, -0.05) is 15.9 Å². The van der Waals surface area contributed by atoms with Crippen molar-refractivity contribution < 1.29 is 4.79 Å². The highest BCUT2D eigenvalue weighted by Gasteiger charge is 2.29. The number of rotatable bonds is 4. The van der Waals surface area contributed by atoms with E-state index >= 15 is 0 Å². The summed E-state index contributed by atoms with van der Waals surface area (Å²) in [6, 6.07) is 7.96. The number of nitrogens with zero attached hydrogens (tertiary/aromatic N) is 4. The Bertz CT molecular complexity index is 758. The van der Waals surface area contributed by atoms with Gasteiger partial charge >= 0.3 is 0 Å². The first-order valence-electron chi connectivity index (χ1n) is 8.94. The molecule has 2 aromatic rings. The fourth-order valence-electron chi connectivity index (χ4n) is 3.43. The minimum Gasteiger partial charge on any atom is -0.336 e. The molecule has 1 aromatic heterocycles. The molecule has 0 radical (unpaired) electrons. The fraction of sp³-hybridized carbons (Fsp3) is 0.474. The highest BCUT2D eigenvalue weighted by atomic mass is 79.9. The zero-order chi connectivity index (χ0) is 17.4. The average Bonchev–Trinajstić information content (AvgIpc) is 3.36. The van der Waals surface area contributed by atoms with Crippen molar-refractivity contribution in [3.05, 3.63) is 46.2 Å². The van der Waals surface area contributed by atoms with Crippen molar-refractivity contribution in [3.8, 4) is 5.69 Å². The van der Waals surface area contributed by atoms with Crippen LogP contribution in [0.4, 0.5) is 0 Å². The smallest absolute Gasteiger partial charge is 0.257 e. The van der Waals surface area contributed by atoms with E-state index in [-0.39, 0.29) is 5.91 Å². The highest BCUT2D eigenvalue weighted by molar-refractivity contribution is 9.10. The molecular formula is C19H23BrN4O. The van der Waals surface area contributed by atoms with E-state index < -0.39 is 0 Å². The molecule has 1 amide bonds. The van der Waals surface area contributed by atoms with Crippen molar-refractivity contribution in [3.63, 3.8) is 0 Å². The summed E-state index contributed by atoms with van der Waals surface area (Å²) in [4.78, 5) is 17.4. The van der Waals surface area contributed by atoms with Crippen LogP contribution in [0.1, 0.15) is 28.9 Å². The van der Waals surface area contributed by atoms with Crippen LogP contribution in [0.15, 0.2) is 34.9 Å². The number of halogens is 1. The summed E-state index contributed by atoms with van der Waals surface area (Å²) in [7, 11) is 0. The molecule has 6 heteroatoms. The Hall–Kier alpha value is -1.66. The van der Waals surface area contributed by atoms with Crippen LogP contribution in [0.5, 0.6) is 0 Å². The summed E-state index contributed by atoms with van der Waals surface area (Å²) in [6.45, 7) is 6.78. The van der Waals surface area contributed by atoms with Gasteiger partial charge in [0.25, 0.3) is 5.91 Å². The quantitative estimate of drug-likeness (QED) is 0.788. The summed E-state index contributed by atoms with van der Waals surface area (Å²) >= 11 is 3.45. The maximum Gasteiger partial charge on any atom is 0.257 e. The third-order valence-electron chi connectivity index (χ3n) is 5.18. The Morgan fingerprint density at radius 1 is 1.16 bits per heavy atom. The predicted molar refractivity (Wildman–Crippen MR) is 101 cm³/mol. The first-order chi connectivity index (χ1) is 12.1. The van der Waals surface area contributed by atoms with Gasteiger partial charge < -0.3 is 4.90 Å². The molecule has 0 spiro atoms. The number of benzene rings is 1. The zero-order valence-corrected chi connectivity index (χ0v) is 16.1. The van der Waals surface area contributed by atoms with Crippen LogP contribution in [0, 0.1) is 12.8 Å². The van der Waals surface area contributed by atoms with Gasteiger partial charge in [0.05, 0.1) is 23.1 Å². The van der Waals surface area contributed by atoms with Crippen LogP contribution in [0.2, 0.25) is 0 Å². The van der Waals surface area contributed by atoms with Crippen LogP contribution in [-0.2, 0) is 0 Å². The molecule has 1 aliphatic carbocycles.